The first-order valence-corrected chi connectivity index (χ1v) is 14.5. The maximum atomic E-state index is 12.5. The highest BCUT2D eigenvalue weighted by molar-refractivity contribution is 7.89. The van der Waals surface area contributed by atoms with Crippen LogP contribution in [0.3, 0.4) is 0 Å². The molecule has 0 N–H and O–H groups in total. The second-order valence-corrected chi connectivity index (χ2v) is 12.8. The Kier molecular flexibility index (Phi) is 8.31. The molecule has 10 nitrogen and oxygen atoms in total. The molecule has 2 aliphatic heterocycles. The number of piperidine rings is 1. The van der Waals surface area contributed by atoms with Crippen molar-refractivity contribution in [3.63, 3.8) is 0 Å². The molecule has 3 aliphatic rings. The highest BCUT2D eigenvalue weighted by Gasteiger charge is 2.43. The van der Waals surface area contributed by atoms with Crippen LogP contribution in [-0.4, -0.2) is 99.1 Å². The summed E-state index contributed by atoms with van der Waals surface area (Å²) in [5.41, 5.74) is -0.280. The molecule has 0 spiro atoms. The minimum Gasteiger partial charge on any atom is -0.492 e. The van der Waals surface area contributed by atoms with Gasteiger partial charge in [0.1, 0.15) is 17.2 Å². The summed E-state index contributed by atoms with van der Waals surface area (Å²) in [7, 11) is -1.54. The number of hydrogen-bond donors (Lipinski definition) is 0. The lowest BCUT2D eigenvalue weighted by Crippen LogP contribution is -2.50. The molecule has 2 atom stereocenters. The molecule has 202 valence electrons. The first-order valence-electron chi connectivity index (χ1n) is 12.9. The van der Waals surface area contributed by atoms with Crippen molar-refractivity contribution >= 4 is 21.9 Å². The van der Waals surface area contributed by atoms with Gasteiger partial charge in [-0.2, -0.15) is 4.31 Å². The van der Waals surface area contributed by atoms with Crippen molar-refractivity contribution in [2.75, 3.05) is 63.6 Å². The Morgan fingerprint density at radius 3 is 2.47 bits per heavy atom. The lowest BCUT2D eigenvalue weighted by molar-refractivity contribution is -0.0313. The standard InChI is InChI=1S/C25H40N4O6S/c1-19(2)18-36(31,32)29-13-11-27(12-14-29)23-6-5-21(15-26-23)34-17-20-7-10-28(16-22(20)33-4)24(30)35-25(3)8-9-25/h5-6,15,19-20,22H,7-14,16-18H2,1-4H3/t20-,22-/m0/s1. The highest BCUT2D eigenvalue weighted by atomic mass is 32.2. The number of piperazine rings is 1. The van der Waals surface area contributed by atoms with Crippen LogP contribution in [0.15, 0.2) is 18.3 Å². The maximum Gasteiger partial charge on any atom is 0.410 e. The Hall–Kier alpha value is -2.11. The smallest absolute Gasteiger partial charge is 0.410 e. The zero-order valence-electron chi connectivity index (χ0n) is 21.9. The van der Waals surface area contributed by atoms with Crippen molar-refractivity contribution in [1.29, 1.82) is 0 Å². The van der Waals surface area contributed by atoms with Crippen LogP contribution in [0.2, 0.25) is 0 Å². The summed E-state index contributed by atoms with van der Waals surface area (Å²) in [4.78, 5) is 20.8. The van der Waals surface area contributed by atoms with Crippen LogP contribution >= 0.6 is 0 Å². The number of likely N-dealkylation sites (tertiary alicyclic amines) is 1. The van der Waals surface area contributed by atoms with Crippen LogP contribution in [0.5, 0.6) is 5.75 Å². The van der Waals surface area contributed by atoms with Crippen LogP contribution in [0.25, 0.3) is 0 Å². The van der Waals surface area contributed by atoms with Gasteiger partial charge < -0.3 is 24.0 Å². The number of rotatable bonds is 9. The summed E-state index contributed by atoms with van der Waals surface area (Å²) in [5, 5.41) is 0. The third-order valence-electron chi connectivity index (χ3n) is 7.23. The van der Waals surface area contributed by atoms with E-state index in [1.807, 2.05) is 32.9 Å². The van der Waals surface area contributed by atoms with E-state index in [1.54, 1.807) is 22.5 Å². The van der Waals surface area contributed by atoms with Crippen LogP contribution in [0.4, 0.5) is 10.6 Å². The number of methoxy groups -OCH3 is 1. The van der Waals surface area contributed by atoms with E-state index in [2.05, 4.69) is 9.88 Å². The molecule has 1 aromatic rings. The molecule has 2 saturated heterocycles. The van der Waals surface area contributed by atoms with Crippen LogP contribution in [-0.2, 0) is 19.5 Å². The number of ether oxygens (including phenoxy) is 3. The van der Waals surface area contributed by atoms with Gasteiger partial charge in [-0.15, -0.1) is 0 Å². The van der Waals surface area contributed by atoms with Crippen LogP contribution < -0.4 is 9.64 Å². The van der Waals surface area contributed by atoms with Gasteiger partial charge in [-0.05, 0) is 44.2 Å². The summed E-state index contributed by atoms with van der Waals surface area (Å²) in [6, 6.07) is 3.81. The zero-order chi connectivity index (χ0) is 25.9. The van der Waals surface area contributed by atoms with Gasteiger partial charge in [-0.3, -0.25) is 0 Å². The predicted molar refractivity (Wildman–Crippen MR) is 137 cm³/mol. The van der Waals surface area contributed by atoms with E-state index in [9.17, 15) is 13.2 Å². The quantitative estimate of drug-likeness (QED) is 0.486. The number of hydrogen-bond acceptors (Lipinski definition) is 8. The van der Waals surface area contributed by atoms with Gasteiger partial charge in [0.25, 0.3) is 0 Å². The van der Waals surface area contributed by atoms with E-state index >= 15 is 0 Å². The molecular formula is C25H40N4O6S. The fraction of sp³-hybridized carbons (Fsp3) is 0.760. The number of aromatic nitrogens is 1. The van der Waals surface area contributed by atoms with Crippen molar-refractivity contribution in [3.05, 3.63) is 18.3 Å². The van der Waals surface area contributed by atoms with Gasteiger partial charge in [0.2, 0.25) is 10.0 Å². The zero-order valence-corrected chi connectivity index (χ0v) is 22.7. The molecule has 1 aliphatic carbocycles. The van der Waals surface area contributed by atoms with E-state index in [4.69, 9.17) is 14.2 Å². The summed E-state index contributed by atoms with van der Waals surface area (Å²) in [5.74, 6) is 1.95. The van der Waals surface area contributed by atoms with E-state index in [0.717, 1.165) is 25.1 Å². The van der Waals surface area contributed by atoms with Crippen molar-refractivity contribution in [2.24, 2.45) is 11.8 Å². The van der Waals surface area contributed by atoms with E-state index in [1.165, 1.54) is 0 Å². The molecule has 11 heteroatoms. The van der Waals surface area contributed by atoms with Gasteiger partial charge >= 0.3 is 6.09 Å². The summed E-state index contributed by atoms with van der Waals surface area (Å²) >= 11 is 0. The predicted octanol–water partition coefficient (Wildman–Crippen LogP) is 2.59. The molecule has 36 heavy (non-hydrogen) atoms. The van der Waals surface area contributed by atoms with E-state index in [-0.39, 0.29) is 35.4 Å². The number of amides is 1. The second-order valence-electron chi connectivity index (χ2n) is 10.8. The third-order valence-corrected chi connectivity index (χ3v) is 9.47. The fourth-order valence-electron chi connectivity index (χ4n) is 4.71. The molecule has 1 saturated carbocycles. The lowest BCUT2D eigenvalue weighted by atomic mass is 9.95. The summed E-state index contributed by atoms with van der Waals surface area (Å²) in [6.45, 7) is 9.58. The van der Waals surface area contributed by atoms with Crippen molar-refractivity contribution in [2.45, 2.75) is 51.7 Å². The highest BCUT2D eigenvalue weighted by Crippen LogP contribution is 2.39. The Morgan fingerprint density at radius 2 is 1.89 bits per heavy atom. The molecule has 0 unspecified atom stereocenters. The Morgan fingerprint density at radius 1 is 1.17 bits per heavy atom. The first-order chi connectivity index (χ1) is 17.1. The average Bonchev–Trinajstić information content (AvgIpc) is 3.58. The largest absolute Gasteiger partial charge is 0.492 e. The summed E-state index contributed by atoms with van der Waals surface area (Å²) < 4.78 is 43.8. The number of carbonyl (C=O) groups excluding carboxylic acids is 1. The van der Waals surface area contributed by atoms with E-state index in [0.29, 0.717) is 51.6 Å². The van der Waals surface area contributed by atoms with Crippen LogP contribution in [0, 0.1) is 11.8 Å². The maximum absolute atomic E-state index is 12.5. The van der Waals surface area contributed by atoms with Gasteiger partial charge in [0.15, 0.2) is 0 Å². The first kappa shape index (κ1) is 26.9. The second kappa shape index (κ2) is 11.1. The molecule has 3 fully saturated rings. The number of pyridine rings is 1. The van der Waals surface area contributed by atoms with Gasteiger partial charge in [-0.25, -0.2) is 18.2 Å². The number of carbonyl (C=O) groups is 1. The van der Waals surface area contributed by atoms with Gasteiger partial charge in [-0.1, -0.05) is 13.8 Å². The molecule has 1 aromatic heterocycles. The third kappa shape index (κ3) is 6.80. The Balaban J connectivity index is 1.23. The van der Waals surface area contributed by atoms with Gasteiger partial charge in [0.05, 0.1) is 31.2 Å². The molecule has 0 aromatic carbocycles. The van der Waals surface area contributed by atoms with Crippen molar-refractivity contribution in [1.82, 2.24) is 14.2 Å². The Bertz CT molecular complexity index is 990. The molecule has 4 rings (SSSR count). The normalized spacial score (nSPS) is 24.6. The van der Waals surface area contributed by atoms with E-state index < -0.39 is 10.0 Å². The summed E-state index contributed by atoms with van der Waals surface area (Å²) in [6.07, 6.45) is 3.98. The molecule has 0 bridgehead atoms. The topological polar surface area (TPSA) is 102 Å². The molecule has 1 amide bonds. The molecular weight excluding hydrogens is 484 g/mol. The monoisotopic (exact) mass is 524 g/mol. The Labute approximate surface area is 214 Å². The minimum atomic E-state index is -3.21. The van der Waals surface area contributed by atoms with Crippen molar-refractivity contribution < 1.29 is 27.4 Å². The average molecular weight is 525 g/mol. The lowest BCUT2D eigenvalue weighted by Gasteiger charge is -2.37. The fourth-order valence-corrected chi connectivity index (χ4v) is 6.49. The van der Waals surface area contributed by atoms with Crippen molar-refractivity contribution in [3.8, 4) is 5.75 Å². The van der Waals surface area contributed by atoms with Crippen LogP contribution in [0.1, 0.15) is 40.0 Å². The number of sulfonamides is 1. The number of nitrogens with zero attached hydrogens (tertiary/aromatic N) is 4. The minimum absolute atomic E-state index is 0.112. The molecule has 0 radical (unpaired) electrons. The SMILES string of the molecule is CO[C@H]1CN(C(=O)OC2(C)CC2)CC[C@H]1COc1ccc(N2CCN(S(=O)(=O)CC(C)C)CC2)nc1. The van der Waals surface area contributed by atoms with Gasteiger partial charge in [0, 0.05) is 45.8 Å². The molecule has 3 heterocycles. The number of anilines is 1.